The van der Waals surface area contributed by atoms with Gasteiger partial charge in [0.05, 0.1) is 29.7 Å². The molecule has 11 heteroatoms. The first-order valence-electron chi connectivity index (χ1n) is 13.0. The van der Waals surface area contributed by atoms with Crippen molar-refractivity contribution in [2.24, 2.45) is 0 Å². The number of nitrogens with one attached hydrogen (secondary N) is 3. The van der Waals surface area contributed by atoms with Gasteiger partial charge in [0.15, 0.2) is 0 Å². The van der Waals surface area contributed by atoms with Gasteiger partial charge in [-0.15, -0.1) is 0 Å². The number of anilines is 2. The molecule has 3 aliphatic heterocycles. The van der Waals surface area contributed by atoms with Crippen molar-refractivity contribution in [3.8, 4) is 11.3 Å². The Hall–Kier alpha value is -3.96. The Bertz CT molecular complexity index is 1420. The molecule has 10 nitrogen and oxygen atoms in total. The van der Waals surface area contributed by atoms with Crippen LogP contribution in [-0.4, -0.2) is 70.7 Å². The van der Waals surface area contributed by atoms with Crippen LogP contribution in [0.4, 0.5) is 16.2 Å². The summed E-state index contributed by atoms with van der Waals surface area (Å²) >= 11 is 1.37. The number of likely N-dealkylation sites (tertiary alicyclic amines) is 1. The van der Waals surface area contributed by atoms with E-state index < -0.39 is 11.3 Å². The molecule has 1 fully saturated rings. The van der Waals surface area contributed by atoms with Gasteiger partial charge in [0.2, 0.25) is 11.8 Å². The van der Waals surface area contributed by atoms with E-state index in [1.807, 2.05) is 42.5 Å². The average Bonchev–Trinajstić information content (AvgIpc) is 3.33. The second-order valence-electron chi connectivity index (χ2n) is 9.83. The lowest BCUT2D eigenvalue weighted by Crippen LogP contribution is -2.54. The summed E-state index contributed by atoms with van der Waals surface area (Å²) < 4.78 is 0. The van der Waals surface area contributed by atoms with E-state index in [-0.39, 0.29) is 30.4 Å². The average molecular weight is 544 g/mol. The highest BCUT2D eigenvalue weighted by Gasteiger charge is 2.47. The smallest absolute Gasteiger partial charge is 0.327 e. The number of aromatic nitrogens is 2. The molecule has 2 unspecified atom stereocenters. The van der Waals surface area contributed by atoms with Crippen molar-refractivity contribution in [2.75, 3.05) is 31.6 Å². The van der Waals surface area contributed by atoms with Crippen LogP contribution in [0.5, 0.6) is 0 Å². The van der Waals surface area contributed by atoms with E-state index in [9.17, 15) is 14.4 Å². The van der Waals surface area contributed by atoms with E-state index in [1.54, 1.807) is 35.3 Å². The summed E-state index contributed by atoms with van der Waals surface area (Å²) in [6, 6.07) is 14.4. The van der Waals surface area contributed by atoms with E-state index in [0.717, 1.165) is 34.7 Å². The van der Waals surface area contributed by atoms with Crippen LogP contribution in [0.25, 0.3) is 11.3 Å². The number of hydrogen-bond acceptors (Lipinski definition) is 7. The molecule has 4 amide bonds. The van der Waals surface area contributed by atoms with Crippen molar-refractivity contribution >= 4 is 41.0 Å². The molecule has 0 radical (unpaired) electrons. The number of carbonyl (C=O) groups excluding carboxylic acids is 3. The predicted molar refractivity (Wildman–Crippen MR) is 149 cm³/mol. The lowest BCUT2D eigenvalue weighted by Gasteiger charge is -2.36. The Kier molecular flexibility index (Phi) is 6.92. The fourth-order valence-corrected chi connectivity index (χ4v) is 6.71. The van der Waals surface area contributed by atoms with Gasteiger partial charge in [0.1, 0.15) is 10.3 Å². The summed E-state index contributed by atoms with van der Waals surface area (Å²) in [4.78, 5) is 51.8. The van der Waals surface area contributed by atoms with Crippen molar-refractivity contribution in [1.82, 2.24) is 30.8 Å². The summed E-state index contributed by atoms with van der Waals surface area (Å²) in [6.45, 7) is 1.45. The molecule has 3 N–H and O–H groups in total. The third-order valence-electron chi connectivity index (χ3n) is 7.28. The highest BCUT2D eigenvalue weighted by molar-refractivity contribution is 8.01. The maximum atomic E-state index is 13.5. The number of amides is 4. The Morgan fingerprint density at radius 3 is 2.77 bits per heavy atom. The lowest BCUT2D eigenvalue weighted by molar-refractivity contribution is -0.132. The summed E-state index contributed by atoms with van der Waals surface area (Å²) in [5.74, 6) is -0.134. The number of urea groups is 1. The molecule has 1 saturated heterocycles. The first-order chi connectivity index (χ1) is 19.0. The molecule has 0 spiro atoms. The molecule has 2 aromatic heterocycles. The van der Waals surface area contributed by atoms with Crippen molar-refractivity contribution in [3.05, 3.63) is 66.5 Å². The summed E-state index contributed by atoms with van der Waals surface area (Å²) in [5, 5.41) is 9.28. The molecule has 0 bridgehead atoms. The van der Waals surface area contributed by atoms with Gasteiger partial charge in [-0.25, -0.2) is 9.78 Å². The van der Waals surface area contributed by atoms with Crippen LogP contribution in [0.15, 0.2) is 66.0 Å². The minimum Gasteiger partial charge on any atom is -0.351 e. The number of benzene rings is 1. The first kappa shape index (κ1) is 25.3. The number of nitrogens with zero attached hydrogens (tertiary/aromatic N) is 4. The van der Waals surface area contributed by atoms with Gasteiger partial charge in [0, 0.05) is 42.7 Å². The first-order valence-corrected chi connectivity index (χ1v) is 13.9. The summed E-state index contributed by atoms with van der Waals surface area (Å²) in [5.41, 5.74) is 3.95. The predicted octanol–water partition coefficient (Wildman–Crippen LogP) is 2.85. The van der Waals surface area contributed by atoms with Crippen LogP contribution in [-0.2, 0) is 9.59 Å². The second-order valence-corrected chi connectivity index (χ2v) is 11.0. The van der Waals surface area contributed by atoms with E-state index in [0.29, 0.717) is 24.5 Å². The third-order valence-corrected chi connectivity index (χ3v) is 8.57. The molecule has 200 valence electrons. The van der Waals surface area contributed by atoms with E-state index in [4.69, 9.17) is 0 Å². The van der Waals surface area contributed by atoms with E-state index in [1.165, 1.54) is 11.8 Å². The van der Waals surface area contributed by atoms with Crippen molar-refractivity contribution in [1.29, 1.82) is 0 Å². The molecule has 6 rings (SSSR count). The second kappa shape index (κ2) is 10.7. The highest BCUT2D eigenvalue weighted by atomic mass is 32.2. The molecule has 0 saturated carbocycles. The van der Waals surface area contributed by atoms with Crippen molar-refractivity contribution in [3.63, 3.8) is 0 Å². The maximum Gasteiger partial charge on any atom is 0.327 e. The van der Waals surface area contributed by atoms with Crippen LogP contribution in [0, 0.1) is 0 Å². The Balaban J connectivity index is 1.23. The number of rotatable bonds is 6. The quantitative estimate of drug-likeness (QED) is 0.437. The molecule has 3 aromatic rings. The molecule has 3 aliphatic rings. The molecule has 5 heterocycles. The van der Waals surface area contributed by atoms with Gasteiger partial charge >= 0.3 is 6.03 Å². The monoisotopic (exact) mass is 543 g/mol. The van der Waals surface area contributed by atoms with Gasteiger partial charge in [-0.05, 0) is 38.1 Å². The van der Waals surface area contributed by atoms with E-state index in [2.05, 4.69) is 25.9 Å². The fraction of sp³-hybridized carbons (Fsp3) is 0.321. The van der Waals surface area contributed by atoms with Crippen LogP contribution in [0.1, 0.15) is 24.4 Å². The Morgan fingerprint density at radius 1 is 1.13 bits per heavy atom. The number of thioether (sulfide) groups is 1. The Labute approximate surface area is 230 Å². The van der Waals surface area contributed by atoms with Crippen molar-refractivity contribution in [2.45, 2.75) is 35.2 Å². The SMILES string of the molecule is CNCC(=O)N1CCCC(NC(=O)[C@@H]2Sc3nccc4c3C2NC(=O)N4c2ccnc(-c3ccccc3)c2)C1. The zero-order valence-electron chi connectivity index (χ0n) is 21.5. The molecule has 39 heavy (non-hydrogen) atoms. The standard InChI is InChI=1S/C28H29N7O3S/c1-29-15-22(36)34-13-5-8-18(16-34)32-26(37)25-24-23-21(10-12-31-27(23)39-25)35(28(38)33-24)19-9-11-30-20(14-19)17-6-3-2-4-7-17/h2-4,6-7,9-12,14,18,24-25,29H,5,8,13,15-16H2,1H3,(H,32,37)(H,33,38)/t18?,24?,25-/m1/s1. The minimum atomic E-state index is -0.555. The van der Waals surface area contributed by atoms with E-state index >= 15 is 0 Å². The van der Waals surface area contributed by atoms with Crippen LogP contribution < -0.4 is 20.9 Å². The fourth-order valence-electron chi connectivity index (χ4n) is 5.47. The number of pyridine rings is 2. The summed E-state index contributed by atoms with van der Waals surface area (Å²) in [6.07, 6.45) is 5.00. The largest absolute Gasteiger partial charge is 0.351 e. The molecular weight excluding hydrogens is 514 g/mol. The van der Waals surface area contributed by atoms with Crippen LogP contribution in [0.3, 0.4) is 0 Å². The molecular formula is C28H29N7O3S. The van der Waals surface area contributed by atoms with Gasteiger partial charge < -0.3 is 20.9 Å². The Morgan fingerprint density at radius 2 is 1.95 bits per heavy atom. The molecule has 1 aromatic carbocycles. The number of hydrogen-bond donors (Lipinski definition) is 3. The third kappa shape index (κ3) is 4.83. The van der Waals surface area contributed by atoms with Gasteiger partial charge in [-0.2, -0.15) is 0 Å². The lowest BCUT2D eigenvalue weighted by atomic mass is 9.99. The normalized spacial score (nSPS) is 21.8. The number of carbonyl (C=O) groups is 3. The zero-order valence-corrected chi connectivity index (χ0v) is 22.3. The number of likely N-dealkylation sites (N-methyl/N-ethyl adjacent to an activating group) is 1. The van der Waals surface area contributed by atoms with Crippen molar-refractivity contribution < 1.29 is 14.4 Å². The van der Waals surface area contributed by atoms with Gasteiger partial charge in [-0.1, -0.05) is 42.1 Å². The van der Waals surface area contributed by atoms with Gasteiger partial charge in [-0.3, -0.25) is 19.5 Å². The zero-order chi connectivity index (χ0) is 26.9. The van der Waals surface area contributed by atoms with Crippen LogP contribution in [0.2, 0.25) is 0 Å². The topological polar surface area (TPSA) is 120 Å². The molecule has 3 atom stereocenters. The van der Waals surface area contributed by atoms with Crippen LogP contribution >= 0.6 is 11.8 Å². The molecule has 0 aliphatic carbocycles. The highest BCUT2D eigenvalue weighted by Crippen LogP contribution is 2.50. The van der Waals surface area contributed by atoms with Gasteiger partial charge in [0.25, 0.3) is 0 Å². The number of piperidine rings is 1. The minimum absolute atomic E-state index is 0.0270. The maximum absolute atomic E-state index is 13.5. The summed E-state index contributed by atoms with van der Waals surface area (Å²) in [7, 11) is 1.74.